The zero-order valence-electron chi connectivity index (χ0n) is 12.2. The largest absolute Gasteiger partial charge is 0.390 e. The van der Waals surface area contributed by atoms with Crippen LogP contribution in [0.5, 0.6) is 0 Å². The fourth-order valence-electron chi connectivity index (χ4n) is 3.79. The number of carbonyl (C=O) groups excluding carboxylic acids is 1. The summed E-state index contributed by atoms with van der Waals surface area (Å²) < 4.78 is 0. The van der Waals surface area contributed by atoms with Crippen molar-refractivity contribution >= 4 is 5.91 Å². The summed E-state index contributed by atoms with van der Waals surface area (Å²) in [5, 5.41) is 21.1. The highest BCUT2D eigenvalue weighted by Gasteiger charge is 2.51. The molecule has 1 aliphatic carbocycles. The zero-order valence-corrected chi connectivity index (χ0v) is 12.2. The second-order valence-electron chi connectivity index (χ2n) is 6.41. The van der Waals surface area contributed by atoms with Gasteiger partial charge in [-0.25, -0.2) is 0 Å². The second-order valence-corrected chi connectivity index (χ2v) is 6.41. The van der Waals surface area contributed by atoms with Crippen molar-refractivity contribution in [2.45, 2.75) is 50.4 Å². The first-order valence-corrected chi connectivity index (χ1v) is 7.83. The number of aliphatic hydroxyl groups excluding tert-OH is 1. The lowest BCUT2D eigenvalue weighted by atomic mass is 9.74. The number of nitrogens with zero attached hydrogens (tertiary/aromatic N) is 1. The highest BCUT2D eigenvalue weighted by molar-refractivity contribution is 5.83. The molecule has 1 aliphatic heterocycles. The Morgan fingerprint density at radius 2 is 1.81 bits per heavy atom. The topological polar surface area (TPSA) is 60.8 Å². The van der Waals surface area contributed by atoms with Gasteiger partial charge >= 0.3 is 0 Å². The number of hydrogen-bond donors (Lipinski definition) is 2. The normalized spacial score (nSPS) is 28.9. The summed E-state index contributed by atoms with van der Waals surface area (Å²) in [6, 6.07) is 9.78. The standard InChI is InChI=1S/C17H23NO3/c19-14-12-18(11-13-7-3-1-4-8-13)16(20)15(14)17(21)9-5-2-6-10-17/h1,3-4,7-8,14-15,19,21H,2,5-6,9-12H2/t14-,15+/m1/s1. The third kappa shape index (κ3) is 2.83. The van der Waals surface area contributed by atoms with Gasteiger partial charge < -0.3 is 15.1 Å². The molecule has 0 unspecified atom stereocenters. The molecule has 2 aliphatic rings. The van der Waals surface area contributed by atoms with Crippen LogP contribution in [0, 0.1) is 5.92 Å². The van der Waals surface area contributed by atoms with E-state index in [0.717, 1.165) is 24.8 Å². The maximum Gasteiger partial charge on any atom is 0.231 e. The first kappa shape index (κ1) is 14.5. The van der Waals surface area contributed by atoms with Gasteiger partial charge in [0.1, 0.15) is 0 Å². The van der Waals surface area contributed by atoms with Crippen LogP contribution in [-0.4, -0.2) is 39.3 Å². The minimum Gasteiger partial charge on any atom is -0.390 e. The fourth-order valence-corrected chi connectivity index (χ4v) is 3.79. The van der Waals surface area contributed by atoms with E-state index in [9.17, 15) is 15.0 Å². The number of carbonyl (C=O) groups is 1. The summed E-state index contributed by atoms with van der Waals surface area (Å²) in [6.45, 7) is 0.823. The molecule has 1 saturated carbocycles. The molecular formula is C17H23NO3. The highest BCUT2D eigenvalue weighted by atomic mass is 16.3. The van der Waals surface area contributed by atoms with Crippen molar-refractivity contribution in [1.29, 1.82) is 0 Å². The minimum atomic E-state index is -1.01. The molecule has 1 aromatic carbocycles. The van der Waals surface area contributed by atoms with E-state index in [-0.39, 0.29) is 5.91 Å². The molecule has 0 radical (unpaired) electrons. The van der Waals surface area contributed by atoms with Gasteiger partial charge in [-0.15, -0.1) is 0 Å². The SMILES string of the molecule is O=C1[C@@H](C2(O)CCCCC2)[C@H](O)CN1Cc1ccccc1. The van der Waals surface area contributed by atoms with Crippen molar-refractivity contribution in [3.8, 4) is 0 Å². The lowest BCUT2D eigenvalue weighted by Gasteiger charge is -2.37. The van der Waals surface area contributed by atoms with Crippen LogP contribution in [-0.2, 0) is 11.3 Å². The average molecular weight is 289 g/mol. The number of aliphatic hydroxyl groups is 2. The molecule has 0 aromatic heterocycles. The van der Waals surface area contributed by atoms with Crippen LogP contribution in [0.2, 0.25) is 0 Å². The maximum atomic E-state index is 12.6. The Morgan fingerprint density at radius 1 is 1.14 bits per heavy atom. The van der Waals surface area contributed by atoms with Crippen molar-refractivity contribution in [2.24, 2.45) is 5.92 Å². The highest BCUT2D eigenvalue weighted by Crippen LogP contribution is 2.40. The number of hydrogen-bond acceptors (Lipinski definition) is 3. The van der Waals surface area contributed by atoms with E-state index < -0.39 is 17.6 Å². The van der Waals surface area contributed by atoms with Gasteiger partial charge in [0.2, 0.25) is 5.91 Å². The Labute approximate surface area is 125 Å². The van der Waals surface area contributed by atoms with E-state index in [1.54, 1.807) is 4.90 Å². The van der Waals surface area contributed by atoms with Crippen LogP contribution >= 0.6 is 0 Å². The average Bonchev–Trinajstić information content (AvgIpc) is 2.76. The monoisotopic (exact) mass is 289 g/mol. The summed E-state index contributed by atoms with van der Waals surface area (Å²) in [5.74, 6) is -0.753. The van der Waals surface area contributed by atoms with E-state index in [1.165, 1.54) is 0 Å². The number of β-amino-alcohol motifs (C(OH)–C–C–N with tert-alkyl or cyclic N) is 1. The van der Waals surface area contributed by atoms with Crippen LogP contribution in [0.15, 0.2) is 30.3 Å². The second kappa shape index (κ2) is 5.78. The van der Waals surface area contributed by atoms with Crippen LogP contribution in [0.4, 0.5) is 0 Å². The van der Waals surface area contributed by atoms with Gasteiger partial charge in [-0.2, -0.15) is 0 Å². The molecule has 1 amide bonds. The predicted molar refractivity (Wildman–Crippen MR) is 79.4 cm³/mol. The Balaban J connectivity index is 1.74. The fraction of sp³-hybridized carbons (Fsp3) is 0.588. The van der Waals surface area contributed by atoms with E-state index in [1.807, 2.05) is 30.3 Å². The Bertz CT molecular complexity index is 496. The number of rotatable bonds is 3. The molecule has 1 heterocycles. The molecule has 4 heteroatoms. The smallest absolute Gasteiger partial charge is 0.231 e. The summed E-state index contributed by atoms with van der Waals surface area (Å²) in [5.41, 5.74) is 0.0366. The van der Waals surface area contributed by atoms with Crippen molar-refractivity contribution in [2.75, 3.05) is 6.54 Å². The molecule has 4 nitrogen and oxygen atoms in total. The summed E-state index contributed by atoms with van der Waals surface area (Å²) in [4.78, 5) is 14.3. The zero-order chi connectivity index (χ0) is 14.9. The molecule has 1 aromatic rings. The third-order valence-corrected chi connectivity index (χ3v) is 4.88. The number of likely N-dealkylation sites (tertiary alicyclic amines) is 1. The van der Waals surface area contributed by atoms with E-state index >= 15 is 0 Å². The van der Waals surface area contributed by atoms with E-state index in [2.05, 4.69) is 0 Å². The third-order valence-electron chi connectivity index (χ3n) is 4.88. The molecular weight excluding hydrogens is 266 g/mol. The quantitative estimate of drug-likeness (QED) is 0.890. The summed E-state index contributed by atoms with van der Waals surface area (Å²) in [6.07, 6.45) is 3.47. The molecule has 2 N–H and O–H groups in total. The van der Waals surface area contributed by atoms with E-state index in [0.29, 0.717) is 25.9 Å². The van der Waals surface area contributed by atoms with Gasteiger partial charge in [-0.3, -0.25) is 4.79 Å². The van der Waals surface area contributed by atoms with E-state index in [4.69, 9.17) is 0 Å². The molecule has 0 bridgehead atoms. The van der Waals surface area contributed by atoms with Gasteiger partial charge in [0.25, 0.3) is 0 Å². The Hall–Kier alpha value is -1.39. The molecule has 1 saturated heterocycles. The van der Waals surface area contributed by atoms with Crippen molar-refractivity contribution in [3.63, 3.8) is 0 Å². The van der Waals surface area contributed by atoms with Gasteiger partial charge in [-0.1, -0.05) is 49.6 Å². The van der Waals surface area contributed by atoms with Crippen LogP contribution in [0.3, 0.4) is 0 Å². The molecule has 2 fully saturated rings. The molecule has 21 heavy (non-hydrogen) atoms. The lowest BCUT2D eigenvalue weighted by Crippen LogP contribution is -2.47. The van der Waals surface area contributed by atoms with Crippen molar-refractivity contribution in [3.05, 3.63) is 35.9 Å². The Morgan fingerprint density at radius 3 is 2.48 bits per heavy atom. The van der Waals surface area contributed by atoms with Crippen molar-refractivity contribution in [1.82, 2.24) is 4.90 Å². The number of amides is 1. The minimum absolute atomic E-state index is 0.101. The first-order valence-electron chi connectivity index (χ1n) is 7.83. The predicted octanol–water partition coefficient (Wildman–Crippen LogP) is 1.70. The molecule has 3 rings (SSSR count). The molecule has 0 spiro atoms. The van der Waals surface area contributed by atoms with Crippen LogP contribution < -0.4 is 0 Å². The first-order chi connectivity index (χ1) is 10.1. The summed E-state index contributed by atoms with van der Waals surface area (Å²) >= 11 is 0. The van der Waals surface area contributed by atoms with Gasteiger partial charge in [0.05, 0.1) is 17.6 Å². The maximum absolute atomic E-state index is 12.6. The molecule has 2 atom stereocenters. The number of benzene rings is 1. The van der Waals surface area contributed by atoms with Gasteiger partial charge in [0.15, 0.2) is 0 Å². The van der Waals surface area contributed by atoms with Gasteiger partial charge in [0, 0.05) is 13.1 Å². The molecule has 114 valence electrons. The van der Waals surface area contributed by atoms with Crippen LogP contribution in [0.1, 0.15) is 37.7 Å². The Kier molecular flexibility index (Phi) is 4.00. The lowest BCUT2D eigenvalue weighted by molar-refractivity contribution is -0.145. The summed E-state index contributed by atoms with van der Waals surface area (Å²) in [7, 11) is 0. The van der Waals surface area contributed by atoms with Crippen LogP contribution in [0.25, 0.3) is 0 Å². The van der Waals surface area contributed by atoms with Crippen molar-refractivity contribution < 1.29 is 15.0 Å². The van der Waals surface area contributed by atoms with Gasteiger partial charge in [-0.05, 0) is 18.4 Å².